The average Bonchev–Trinajstić information content (AvgIpc) is 2.54. The zero-order valence-electron chi connectivity index (χ0n) is 9.94. The summed E-state index contributed by atoms with van der Waals surface area (Å²) in [6.07, 6.45) is 0. The van der Waals surface area contributed by atoms with Crippen LogP contribution in [0.15, 0.2) is 23.0 Å². The van der Waals surface area contributed by atoms with Gasteiger partial charge in [-0.25, -0.2) is 14.0 Å². The lowest BCUT2D eigenvalue weighted by Crippen LogP contribution is -2.22. The van der Waals surface area contributed by atoms with Gasteiger partial charge in [-0.05, 0) is 25.1 Å². The molecule has 0 saturated carbocycles. The molecule has 2 rings (SSSR count). The monoisotopic (exact) mass is 286 g/mol. The van der Waals surface area contributed by atoms with E-state index in [-0.39, 0.29) is 5.69 Å². The second-order valence-corrected chi connectivity index (χ2v) is 4.60. The minimum absolute atomic E-state index is 0.260. The molecule has 0 radical (unpaired) electrons. The molecule has 1 aromatic carbocycles. The van der Waals surface area contributed by atoms with Crippen LogP contribution in [-0.2, 0) is 7.05 Å². The maximum atomic E-state index is 12.0. The topological polar surface area (TPSA) is 51.9 Å². The molecule has 0 fully saturated rings. The minimum atomic E-state index is -0.260. The molecule has 0 saturated heterocycles. The first-order valence-electron chi connectivity index (χ1n) is 5.39. The number of halogens is 2. The van der Waals surface area contributed by atoms with Gasteiger partial charge in [-0.3, -0.25) is 0 Å². The summed E-state index contributed by atoms with van der Waals surface area (Å²) in [7, 11) is 1.59. The molecule has 96 valence electrons. The van der Waals surface area contributed by atoms with Crippen LogP contribution < -0.4 is 11.0 Å². The van der Waals surface area contributed by atoms with E-state index in [0.717, 1.165) is 0 Å². The number of nitrogens with one attached hydrogen (secondary N) is 1. The summed E-state index contributed by atoms with van der Waals surface area (Å²) in [4.78, 5) is 12.0. The first-order chi connectivity index (χ1) is 8.52. The molecule has 1 heterocycles. The highest BCUT2D eigenvalue weighted by atomic mass is 35.5. The van der Waals surface area contributed by atoms with E-state index in [2.05, 4.69) is 10.4 Å². The molecular formula is C11H12Cl2N4O. The number of aryl methyl sites for hydroxylation is 1. The van der Waals surface area contributed by atoms with E-state index < -0.39 is 0 Å². The van der Waals surface area contributed by atoms with Crippen LogP contribution in [0.25, 0.3) is 5.69 Å². The molecule has 0 atom stereocenters. The van der Waals surface area contributed by atoms with Crippen molar-refractivity contribution in [1.82, 2.24) is 14.3 Å². The van der Waals surface area contributed by atoms with Crippen LogP contribution in [-0.4, -0.2) is 20.9 Å². The van der Waals surface area contributed by atoms with Crippen molar-refractivity contribution in [3.63, 3.8) is 0 Å². The Hall–Kier alpha value is -1.46. The Morgan fingerprint density at radius 1 is 1.28 bits per heavy atom. The van der Waals surface area contributed by atoms with E-state index in [1.807, 2.05) is 6.92 Å². The van der Waals surface area contributed by atoms with Gasteiger partial charge in [-0.15, -0.1) is 5.10 Å². The summed E-state index contributed by atoms with van der Waals surface area (Å²) < 4.78 is 2.69. The van der Waals surface area contributed by atoms with Crippen LogP contribution >= 0.6 is 23.2 Å². The molecule has 1 aromatic heterocycles. The van der Waals surface area contributed by atoms with Crippen molar-refractivity contribution in [3.05, 3.63) is 38.7 Å². The smallest absolute Gasteiger partial charge is 0.351 e. The van der Waals surface area contributed by atoms with Crippen molar-refractivity contribution >= 4 is 29.2 Å². The van der Waals surface area contributed by atoms with Crippen LogP contribution in [0, 0.1) is 0 Å². The summed E-state index contributed by atoms with van der Waals surface area (Å²) >= 11 is 11.9. The molecule has 0 spiro atoms. The fourth-order valence-corrected chi connectivity index (χ4v) is 2.15. The average molecular weight is 287 g/mol. The molecule has 18 heavy (non-hydrogen) atoms. The largest absolute Gasteiger partial charge is 0.354 e. The highest BCUT2D eigenvalue weighted by Crippen LogP contribution is 2.22. The van der Waals surface area contributed by atoms with Gasteiger partial charge in [0.1, 0.15) is 0 Å². The molecule has 1 N–H and O–H groups in total. The fourth-order valence-electron chi connectivity index (χ4n) is 1.64. The van der Waals surface area contributed by atoms with Gasteiger partial charge in [-0.1, -0.05) is 23.2 Å². The maximum absolute atomic E-state index is 12.0. The Morgan fingerprint density at radius 3 is 2.44 bits per heavy atom. The Bertz CT molecular complexity index is 612. The van der Waals surface area contributed by atoms with E-state index in [1.165, 1.54) is 9.25 Å². The van der Waals surface area contributed by atoms with Gasteiger partial charge in [-0.2, -0.15) is 0 Å². The highest BCUT2D eigenvalue weighted by Gasteiger charge is 2.13. The molecular weight excluding hydrogens is 275 g/mol. The molecule has 0 aliphatic carbocycles. The summed E-state index contributed by atoms with van der Waals surface area (Å²) in [5.74, 6) is 0.461. The fraction of sp³-hybridized carbons (Fsp3) is 0.273. The molecule has 0 aliphatic heterocycles. The predicted octanol–water partition coefficient (Wildman–Crippen LogP) is 2.31. The van der Waals surface area contributed by atoms with Crippen LogP contribution in [0.4, 0.5) is 5.95 Å². The third-order valence-corrected chi connectivity index (χ3v) is 2.80. The third-order valence-electron chi connectivity index (χ3n) is 2.37. The number of hydrogen-bond acceptors (Lipinski definition) is 3. The minimum Gasteiger partial charge on any atom is -0.354 e. The van der Waals surface area contributed by atoms with Gasteiger partial charge in [0.15, 0.2) is 0 Å². The normalized spacial score (nSPS) is 10.7. The van der Waals surface area contributed by atoms with Gasteiger partial charge in [0.25, 0.3) is 0 Å². The van der Waals surface area contributed by atoms with E-state index in [9.17, 15) is 4.79 Å². The lowest BCUT2D eigenvalue weighted by atomic mass is 10.3. The molecule has 0 bridgehead atoms. The number of aromatic nitrogens is 3. The van der Waals surface area contributed by atoms with Crippen molar-refractivity contribution in [2.24, 2.45) is 7.05 Å². The SMILES string of the molecule is CCNc1nn(C)c(=O)n1-c1cc(Cl)cc(Cl)c1. The summed E-state index contributed by atoms with van der Waals surface area (Å²) in [5.41, 5.74) is 0.325. The van der Waals surface area contributed by atoms with E-state index in [4.69, 9.17) is 23.2 Å². The van der Waals surface area contributed by atoms with Crippen molar-refractivity contribution < 1.29 is 0 Å². The quantitative estimate of drug-likeness (QED) is 0.942. The number of nitrogens with zero attached hydrogens (tertiary/aromatic N) is 3. The van der Waals surface area contributed by atoms with Crippen molar-refractivity contribution in [2.75, 3.05) is 11.9 Å². The van der Waals surface area contributed by atoms with Gasteiger partial charge in [0, 0.05) is 23.6 Å². The van der Waals surface area contributed by atoms with E-state index >= 15 is 0 Å². The second kappa shape index (κ2) is 5.04. The summed E-state index contributed by atoms with van der Waals surface area (Å²) in [5, 5.41) is 8.06. The highest BCUT2D eigenvalue weighted by molar-refractivity contribution is 6.34. The van der Waals surface area contributed by atoms with Crippen molar-refractivity contribution in [3.8, 4) is 5.69 Å². The lowest BCUT2D eigenvalue weighted by Gasteiger charge is -2.07. The predicted molar refractivity (Wildman–Crippen MR) is 73.0 cm³/mol. The molecule has 0 amide bonds. The standard InChI is InChI=1S/C11H12Cl2N4O/c1-3-14-10-15-16(2)11(18)17(10)9-5-7(12)4-8(13)6-9/h4-6H,3H2,1-2H3,(H,14,15). The Balaban J connectivity index is 2.65. The van der Waals surface area contributed by atoms with E-state index in [0.29, 0.717) is 28.2 Å². The van der Waals surface area contributed by atoms with Crippen LogP contribution in [0.5, 0.6) is 0 Å². The molecule has 0 aliphatic rings. The maximum Gasteiger partial charge on any atom is 0.351 e. The summed E-state index contributed by atoms with van der Waals surface area (Å²) in [6.45, 7) is 2.58. The second-order valence-electron chi connectivity index (χ2n) is 3.72. The number of benzene rings is 1. The van der Waals surface area contributed by atoms with Crippen molar-refractivity contribution in [1.29, 1.82) is 0 Å². The molecule has 5 nitrogen and oxygen atoms in total. The Kier molecular flexibility index (Phi) is 3.63. The number of rotatable bonds is 3. The zero-order valence-corrected chi connectivity index (χ0v) is 11.5. The van der Waals surface area contributed by atoms with Gasteiger partial charge < -0.3 is 5.32 Å². The summed E-state index contributed by atoms with van der Waals surface area (Å²) in [6, 6.07) is 4.94. The van der Waals surface area contributed by atoms with Crippen LogP contribution in [0.3, 0.4) is 0 Å². The van der Waals surface area contributed by atoms with Gasteiger partial charge in [0.05, 0.1) is 5.69 Å². The first-order valence-corrected chi connectivity index (χ1v) is 6.15. The first kappa shape index (κ1) is 13.0. The van der Waals surface area contributed by atoms with Gasteiger partial charge in [0.2, 0.25) is 5.95 Å². The van der Waals surface area contributed by atoms with Gasteiger partial charge >= 0.3 is 5.69 Å². The number of anilines is 1. The Morgan fingerprint density at radius 2 is 1.89 bits per heavy atom. The molecule has 0 unspecified atom stereocenters. The molecule has 2 aromatic rings. The Labute approximate surface area is 114 Å². The van der Waals surface area contributed by atoms with Crippen LogP contribution in [0.1, 0.15) is 6.92 Å². The van der Waals surface area contributed by atoms with Crippen molar-refractivity contribution in [2.45, 2.75) is 6.92 Å². The number of hydrogen-bond donors (Lipinski definition) is 1. The van der Waals surface area contributed by atoms with Crippen LogP contribution in [0.2, 0.25) is 10.0 Å². The lowest BCUT2D eigenvalue weighted by molar-refractivity contribution is 0.726. The third kappa shape index (κ3) is 2.37. The molecule has 7 heteroatoms. The zero-order chi connectivity index (χ0) is 13.3. The van der Waals surface area contributed by atoms with E-state index in [1.54, 1.807) is 25.2 Å².